The molecule has 1 saturated carbocycles. The van der Waals surface area contributed by atoms with Gasteiger partial charge in [-0.05, 0) is 31.6 Å². The lowest BCUT2D eigenvalue weighted by molar-refractivity contribution is 0.120. The van der Waals surface area contributed by atoms with E-state index >= 15 is 0 Å². The van der Waals surface area contributed by atoms with E-state index in [9.17, 15) is 0 Å². The van der Waals surface area contributed by atoms with Crippen molar-refractivity contribution < 1.29 is 9.84 Å². The summed E-state index contributed by atoms with van der Waals surface area (Å²) in [5, 5.41) is 12.9. The van der Waals surface area contributed by atoms with Crippen molar-refractivity contribution in [3.8, 4) is 0 Å². The number of aliphatic hydroxyl groups is 1. The van der Waals surface area contributed by atoms with Gasteiger partial charge in [0.2, 0.25) is 0 Å². The molecule has 0 spiro atoms. The van der Waals surface area contributed by atoms with E-state index in [1.807, 2.05) is 0 Å². The molecule has 1 aliphatic carbocycles. The second kappa shape index (κ2) is 5.48. The van der Waals surface area contributed by atoms with Crippen LogP contribution in [0.15, 0.2) is 0 Å². The van der Waals surface area contributed by atoms with Crippen LogP contribution in [0, 0.1) is 11.3 Å². The highest BCUT2D eigenvalue weighted by molar-refractivity contribution is 4.88. The standard InChI is InChI=1S/C13H25NO2/c1-11-3-2-4-12(11)14-9-13(5-7-15)6-8-16-10-13/h11-12,14-15H,2-10H2,1H3. The molecule has 3 atom stereocenters. The minimum atomic E-state index is 0.205. The van der Waals surface area contributed by atoms with E-state index in [-0.39, 0.29) is 12.0 Å². The molecule has 3 nitrogen and oxygen atoms in total. The van der Waals surface area contributed by atoms with Crippen LogP contribution in [0.4, 0.5) is 0 Å². The summed E-state index contributed by atoms with van der Waals surface area (Å²) in [5.74, 6) is 0.813. The molecule has 1 heterocycles. The first-order valence-corrected chi connectivity index (χ1v) is 6.68. The van der Waals surface area contributed by atoms with Crippen LogP contribution in [0.2, 0.25) is 0 Å². The lowest BCUT2D eigenvalue weighted by Crippen LogP contribution is -2.41. The van der Waals surface area contributed by atoms with Crippen LogP contribution in [0.25, 0.3) is 0 Å². The molecule has 2 fully saturated rings. The smallest absolute Gasteiger partial charge is 0.0536 e. The molecule has 0 aromatic carbocycles. The van der Waals surface area contributed by atoms with Crippen molar-refractivity contribution in [2.45, 2.75) is 45.1 Å². The molecule has 3 heteroatoms. The Morgan fingerprint density at radius 1 is 1.44 bits per heavy atom. The number of nitrogens with one attached hydrogen (secondary N) is 1. The Labute approximate surface area is 98.6 Å². The van der Waals surface area contributed by atoms with E-state index in [1.54, 1.807) is 0 Å². The monoisotopic (exact) mass is 227 g/mol. The molecule has 3 unspecified atom stereocenters. The Morgan fingerprint density at radius 3 is 2.88 bits per heavy atom. The number of ether oxygens (including phenoxy) is 1. The van der Waals surface area contributed by atoms with Gasteiger partial charge >= 0.3 is 0 Å². The Kier molecular flexibility index (Phi) is 4.22. The summed E-state index contributed by atoms with van der Waals surface area (Å²) in [6, 6.07) is 0.691. The normalized spacial score (nSPS) is 39.4. The van der Waals surface area contributed by atoms with Gasteiger partial charge in [0.05, 0.1) is 6.61 Å². The molecule has 2 aliphatic rings. The van der Waals surface area contributed by atoms with E-state index < -0.39 is 0 Å². The molecule has 0 aromatic heterocycles. The number of hydrogen-bond donors (Lipinski definition) is 2. The van der Waals surface area contributed by atoms with E-state index in [1.165, 1.54) is 19.3 Å². The Balaban J connectivity index is 1.81. The summed E-state index contributed by atoms with van der Waals surface area (Å²) in [5.41, 5.74) is 0.205. The van der Waals surface area contributed by atoms with Crippen molar-refractivity contribution in [2.24, 2.45) is 11.3 Å². The summed E-state index contributed by atoms with van der Waals surface area (Å²) in [6.45, 7) is 5.33. The third-order valence-corrected chi connectivity index (χ3v) is 4.43. The van der Waals surface area contributed by atoms with Crippen LogP contribution in [-0.4, -0.2) is 37.5 Å². The molecule has 16 heavy (non-hydrogen) atoms. The second-order valence-electron chi connectivity index (χ2n) is 5.67. The molecule has 1 aliphatic heterocycles. The van der Waals surface area contributed by atoms with Crippen molar-refractivity contribution >= 4 is 0 Å². The molecule has 0 aromatic rings. The molecule has 2 N–H and O–H groups in total. The van der Waals surface area contributed by atoms with Gasteiger partial charge in [-0.3, -0.25) is 0 Å². The molecular weight excluding hydrogens is 202 g/mol. The maximum atomic E-state index is 9.15. The maximum absolute atomic E-state index is 9.15. The first-order valence-electron chi connectivity index (χ1n) is 6.68. The minimum Gasteiger partial charge on any atom is -0.396 e. The fourth-order valence-electron chi connectivity index (χ4n) is 3.11. The molecular formula is C13H25NO2. The molecule has 94 valence electrons. The lowest BCUT2D eigenvalue weighted by Gasteiger charge is -2.30. The number of hydrogen-bond acceptors (Lipinski definition) is 3. The largest absolute Gasteiger partial charge is 0.396 e. The Hall–Kier alpha value is -0.120. The van der Waals surface area contributed by atoms with Crippen LogP contribution < -0.4 is 5.32 Å². The Morgan fingerprint density at radius 2 is 2.31 bits per heavy atom. The summed E-state index contributed by atoms with van der Waals surface area (Å²) >= 11 is 0. The highest BCUT2D eigenvalue weighted by atomic mass is 16.5. The fraction of sp³-hybridized carbons (Fsp3) is 1.00. The quantitative estimate of drug-likeness (QED) is 0.749. The maximum Gasteiger partial charge on any atom is 0.0536 e. The van der Waals surface area contributed by atoms with Gasteiger partial charge < -0.3 is 15.2 Å². The average Bonchev–Trinajstić information content (AvgIpc) is 2.86. The van der Waals surface area contributed by atoms with Crippen LogP contribution in [0.5, 0.6) is 0 Å². The van der Waals surface area contributed by atoms with Gasteiger partial charge in [-0.2, -0.15) is 0 Å². The highest BCUT2D eigenvalue weighted by Crippen LogP contribution is 2.33. The van der Waals surface area contributed by atoms with E-state index in [2.05, 4.69) is 12.2 Å². The fourth-order valence-corrected chi connectivity index (χ4v) is 3.11. The molecule has 0 radical (unpaired) electrons. The van der Waals surface area contributed by atoms with Gasteiger partial charge in [0, 0.05) is 31.2 Å². The van der Waals surface area contributed by atoms with Crippen molar-refractivity contribution in [3.63, 3.8) is 0 Å². The predicted molar refractivity (Wildman–Crippen MR) is 64.4 cm³/mol. The first kappa shape index (κ1) is 12.3. The average molecular weight is 227 g/mol. The van der Waals surface area contributed by atoms with Gasteiger partial charge in [-0.25, -0.2) is 0 Å². The first-order chi connectivity index (χ1) is 7.76. The van der Waals surface area contributed by atoms with Gasteiger partial charge in [0.1, 0.15) is 0 Å². The van der Waals surface area contributed by atoms with Gasteiger partial charge in [-0.15, -0.1) is 0 Å². The SMILES string of the molecule is CC1CCCC1NCC1(CCO)CCOC1. The second-order valence-corrected chi connectivity index (χ2v) is 5.67. The van der Waals surface area contributed by atoms with Gasteiger partial charge in [0.15, 0.2) is 0 Å². The van der Waals surface area contributed by atoms with Crippen molar-refractivity contribution in [3.05, 3.63) is 0 Å². The zero-order chi connectivity index (χ0) is 11.4. The summed E-state index contributed by atoms with van der Waals surface area (Å²) in [4.78, 5) is 0. The van der Waals surface area contributed by atoms with E-state index in [4.69, 9.17) is 9.84 Å². The van der Waals surface area contributed by atoms with Crippen molar-refractivity contribution in [1.29, 1.82) is 0 Å². The Bertz CT molecular complexity index is 214. The summed E-state index contributed by atoms with van der Waals surface area (Å²) in [6.07, 6.45) is 6.02. The zero-order valence-electron chi connectivity index (χ0n) is 10.4. The third-order valence-electron chi connectivity index (χ3n) is 4.43. The third kappa shape index (κ3) is 2.76. The minimum absolute atomic E-state index is 0.205. The van der Waals surface area contributed by atoms with Crippen LogP contribution >= 0.6 is 0 Å². The van der Waals surface area contributed by atoms with E-state index in [0.29, 0.717) is 6.04 Å². The number of rotatable bonds is 5. The predicted octanol–water partition coefficient (Wildman–Crippen LogP) is 1.55. The van der Waals surface area contributed by atoms with Gasteiger partial charge in [-0.1, -0.05) is 13.3 Å². The number of aliphatic hydroxyl groups excluding tert-OH is 1. The molecule has 0 bridgehead atoms. The van der Waals surface area contributed by atoms with E-state index in [0.717, 1.165) is 38.5 Å². The molecule has 1 saturated heterocycles. The van der Waals surface area contributed by atoms with Crippen molar-refractivity contribution in [2.75, 3.05) is 26.4 Å². The molecule has 2 rings (SSSR count). The zero-order valence-corrected chi connectivity index (χ0v) is 10.4. The van der Waals surface area contributed by atoms with Gasteiger partial charge in [0.25, 0.3) is 0 Å². The van der Waals surface area contributed by atoms with Crippen LogP contribution in [0.3, 0.4) is 0 Å². The summed E-state index contributed by atoms with van der Waals surface area (Å²) < 4.78 is 5.50. The highest BCUT2D eigenvalue weighted by Gasteiger charge is 2.35. The van der Waals surface area contributed by atoms with Crippen molar-refractivity contribution in [1.82, 2.24) is 5.32 Å². The van der Waals surface area contributed by atoms with Crippen LogP contribution in [0.1, 0.15) is 39.0 Å². The topological polar surface area (TPSA) is 41.5 Å². The van der Waals surface area contributed by atoms with Crippen LogP contribution in [-0.2, 0) is 4.74 Å². The lowest BCUT2D eigenvalue weighted by atomic mass is 9.83. The summed E-state index contributed by atoms with van der Waals surface area (Å²) in [7, 11) is 0. The molecule has 0 amide bonds.